The molecule has 0 aliphatic heterocycles. The first-order valence-electron chi connectivity index (χ1n) is 6.74. The number of nitrogens with zero attached hydrogens (tertiary/aromatic N) is 3. The van der Waals surface area contributed by atoms with Crippen LogP contribution < -0.4 is 5.73 Å². The Hall–Kier alpha value is -2.19. The molecule has 0 aliphatic carbocycles. The third kappa shape index (κ3) is 4.69. The molecule has 21 heavy (non-hydrogen) atoms. The lowest BCUT2D eigenvalue weighted by molar-refractivity contribution is 0.905. The van der Waals surface area contributed by atoms with Crippen LogP contribution in [0.1, 0.15) is 37.8 Å². The van der Waals surface area contributed by atoms with Crippen molar-refractivity contribution in [1.82, 2.24) is 0 Å². The summed E-state index contributed by atoms with van der Waals surface area (Å²) in [5.41, 5.74) is 8.99. The summed E-state index contributed by atoms with van der Waals surface area (Å²) < 4.78 is 0. The third-order valence-electron chi connectivity index (χ3n) is 2.91. The van der Waals surface area contributed by atoms with Gasteiger partial charge in [0.2, 0.25) is 0 Å². The molecule has 0 unspecified atom stereocenters. The van der Waals surface area contributed by atoms with Crippen LogP contribution in [0, 0.1) is 18.3 Å². The number of nitrogens with two attached hydrogens (primary N) is 1. The first kappa shape index (κ1) is 16.9. The van der Waals surface area contributed by atoms with Gasteiger partial charge in [-0.2, -0.15) is 5.26 Å². The molecule has 0 saturated carbocycles. The first-order chi connectivity index (χ1) is 10.0. The molecule has 0 spiro atoms. The van der Waals surface area contributed by atoms with Gasteiger partial charge in [-0.15, -0.1) is 10.2 Å². The summed E-state index contributed by atoms with van der Waals surface area (Å²) in [6.07, 6.45) is 7.74. The fourth-order valence-electron chi connectivity index (χ4n) is 1.71. The van der Waals surface area contributed by atoms with E-state index in [-0.39, 0.29) is 0 Å². The highest BCUT2D eigenvalue weighted by Gasteiger charge is 2.11. The Bertz CT molecular complexity index is 642. The highest BCUT2D eigenvalue weighted by molar-refractivity contribution is 7.20. The van der Waals surface area contributed by atoms with Crippen molar-refractivity contribution in [3.8, 4) is 6.07 Å². The molecule has 1 rings (SSSR count). The SMILES string of the molecule is C=C/C(=C\C=C(/C)CCC)N=Nc1sc(N)c(C#N)c1C. The molecule has 0 aromatic carbocycles. The van der Waals surface area contributed by atoms with E-state index in [9.17, 15) is 0 Å². The third-order valence-corrected chi connectivity index (χ3v) is 3.91. The van der Waals surface area contributed by atoms with Gasteiger partial charge in [0.1, 0.15) is 16.1 Å². The van der Waals surface area contributed by atoms with E-state index in [1.807, 2.05) is 19.1 Å². The lowest BCUT2D eigenvalue weighted by Crippen LogP contribution is -1.83. The van der Waals surface area contributed by atoms with Crippen molar-refractivity contribution in [3.05, 3.63) is 47.2 Å². The highest BCUT2D eigenvalue weighted by atomic mass is 32.1. The summed E-state index contributed by atoms with van der Waals surface area (Å²) in [6.45, 7) is 9.78. The predicted molar refractivity (Wildman–Crippen MR) is 89.6 cm³/mol. The second kappa shape index (κ2) is 8.18. The first-order valence-corrected chi connectivity index (χ1v) is 7.55. The standard InChI is InChI=1S/C16H20N4S/c1-5-7-11(3)8-9-13(6-2)19-20-16-12(4)14(10-17)15(18)21-16/h6,8-9H,2,5,7,18H2,1,3-4H3/b11-8+,13-9+,20-19?. The molecular formula is C16H20N4S. The van der Waals surface area contributed by atoms with Crippen molar-refractivity contribution in [2.24, 2.45) is 10.2 Å². The minimum Gasteiger partial charge on any atom is -0.389 e. The molecule has 0 amide bonds. The highest BCUT2D eigenvalue weighted by Crippen LogP contribution is 2.37. The number of rotatable bonds is 6. The number of allylic oxidation sites excluding steroid dienone is 4. The van der Waals surface area contributed by atoms with Crippen LogP contribution in [-0.4, -0.2) is 0 Å². The maximum absolute atomic E-state index is 9.00. The molecule has 5 heteroatoms. The number of hydrogen-bond acceptors (Lipinski definition) is 5. The van der Waals surface area contributed by atoms with Crippen LogP contribution in [-0.2, 0) is 0 Å². The largest absolute Gasteiger partial charge is 0.389 e. The summed E-state index contributed by atoms with van der Waals surface area (Å²) in [6, 6.07) is 2.08. The van der Waals surface area contributed by atoms with Gasteiger partial charge in [-0.25, -0.2) is 0 Å². The number of hydrogen-bond donors (Lipinski definition) is 1. The second-order valence-electron chi connectivity index (χ2n) is 4.64. The van der Waals surface area contributed by atoms with E-state index >= 15 is 0 Å². The Labute approximate surface area is 130 Å². The minimum atomic E-state index is 0.478. The van der Waals surface area contributed by atoms with Gasteiger partial charge in [0, 0.05) is 5.56 Å². The van der Waals surface area contributed by atoms with E-state index in [1.54, 1.807) is 6.08 Å². The van der Waals surface area contributed by atoms with Crippen molar-refractivity contribution < 1.29 is 0 Å². The molecule has 0 atom stereocenters. The Morgan fingerprint density at radius 1 is 1.48 bits per heavy atom. The van der Waals surface area contributed by atoms with Gasteiger partial charge < -0.3 is 5.73 Å². The Morgan fingerprint density at radius 2 is 2.19 bits per heavy atom. The molecule has 0 bridgehead atoms. The van der Waals surface area contributed by atoms with E-state index in [2.05, 4.69) is 36.7 Å². The van der Waals surface area contributed by atoms with Gasteiger partial charge in [0.05, 0.1) is 11.3 Å². The Balaban J connectivity index is 2.97. The maximum atomic E-state index is 9.00. The van der Waals surface area contributed by atoms with E-state index in [4.69, 9.17) is 11.0 Å². The smallest absolute Gasteiger partial charge is 0.145 e. The average molecular weight is 300 g/mol. The average Bonchev–Trinajstić information content (AvgIpc) is 2.73. The number of nitrogen functional groups attached to an aromatic ring is 1. The van der Waals surface area contributed by atoms with Gasteiger partial charge >= 0.3 is 0 Å². The fourth-order valence-corrected chi connectivity index (χ4v) is 2.55. The molecule has 1 heterocycles. The number of azo groups is 1. The predicted octanol–water partition coefficient (Wildman–Crippen LogP) is 5.41. The quantitative estimate of drug-likeness (QED) is 0.563. The zero-order chi connectivity index (χ0) is 15.8. The second-order valence-corrected chi connectivity index (χ2v) is 5.67. The van der Waals surface area contributed by atoms with E-state index in [1.165, 1.54) is 16.9 Å². The van der Waals surface area contributed by atoms with E-state index in [0.29, 0.717) is 21.3 Å². The lowest BCUT2D eigenvalue weighted by atomic mass is 10.1. The summed E-state index contributed by atoms with van der Waals surface area (Å²) in [7, 11) is 0. The van der Waals surface area contributed by atoms with Crippen molar-refractivity contribution in [3.63, 3.8) is 0 Å². The van der Waals surface area contributed by atoms with Crippen LogP contribution in [0.25, 0.3) is 0 Å². The van der Waals surface area contributed by atoms with E-state index in [0.717, 1.165) is 18.4 Å². The lowest BCUT2D eigenvalue weighted by Gasteiger charge is -1.95. The molecular weight excluding hydrogens is 280 g/mol. The van der Waals surface area contributed by atoms with Crippen molar-refractivity contribution in [2.45, 2.75) is 33.6 Å². The van der Waals surface area contributed by atoms with Crippen molar-refractivity contribution in [2.75, 3.05) is 5.73 Å². The molecule has 110 valence electrons. The monoisotopic (exact) mass is 300 g/mol. The molecule has 4 nitrogen and oxygen atoms in total. The summed E-state index contributed by atoms with van der Waals surface area (Å²) in [5, 5.41) is 18.5. The fraction of sp³-hybridized carbons (Fsp3) is 0.312. The number of thiophene rings is 1. The zero-order valence-corrected chi connectivity index (χ0v) is 13.5. The number of nitriles is 1. The van der Waals surface area contributed by atoms with Gasteiger partial charge in [0.25, 0.3) is 0 Å². The summed E-state index contributed by atoms with van der Waals surface area (Å²) in [5.74, 6) is 0. The van der Waals surface area contributed by atoms with Crippen LogP contribution in [0.4, 0.5) is 10.0 Å². The van der Waals surface area contributed by atoms with Crippen LogP contribution in [0.15, 0.2) is 46.3 Å². The maximum Gasteiger partial charge on any atom is 0.145 e. The van der Waals surface area contributed by atoms with E-state index < -0.39 is 0 Å². The Morgan fingerprint density at radius 3 is 2.71 bits per heavy atom. The van der Waals surface area contributed by atoms with Gasteiger partial charge in [-0.3, -0.25) is 0 Å². The topological polar surface area (TPSA) is 74.5 Å². The molecule has 0 saturated heterocycles. The molecule has 0 radical (unpaired) electrons. The molecule has 0 fully saturated rings. The van der Waals surface area contributed by atoms with Crippen molar-refractivity contribution in [1.29, 1.82) is 5.26 Å². The van der Waals surface area contributed by atoms with Gasteiger partial charge in [-0.05, 0) is 32.4 Å². The molecule has 1 aromatic heterocycles. The summed E-state index contributed by atoms with van der Waals surface area (Å²) in [4.78, 5) is 0. The summed E-state index contributed by atoms with van der Waals surface area (Å²) >= 11 is 1.27. The zero-order valence-electron chi connectivity index (χ0n) is 12.7. The molecule has 2 N–H and O–H groups in total. The normalized spacial score (nSPS) is 12.7. The van der Waals surface area contributed by atoms with Crippen LogP contribution in [0.5, 0.6) is 0 Å². The molecule has 1 aromatic rings. The van der Waals surface area contributed by atoms with Crippen LogP contribution >= 0.6 is 11.3 Å². The minimum absolute atomic E-state index is 0.478. The van der Waals surface area contributed by atoms with Gasteiger partial charge in [0.15, 0.2) is 0 Å². The Kier molecular flexibility index (Phi) is 6.57. The molecule has 0 aliphatic rings. The van der Waals surface area contributed by atoms with Crippen molar-refractivity contribution >= 4 is 21.3 Å². The number of anilines is 1. The van der Waals surface area contributed by atoms with Gasteiger partial charge in [-0.1, -0.05) is 42.9 Å². The van der Waals surface area contributed by atoms with Crippen LogP contribution in [0.2, 0.25) is 0 Å². The van der Waals surface area contributed by atoms with Crippen LogP contribution in [0.3, 0.4) is 0 Å².